The maximum atomic E-state index is 11.3. The summed E-state index contributed by atoms with van der Waals surface area (Å²) < 4.78 is 0. The van der Waals surface area contributed by atoms with Gasteiger partial charge in [-0.2, -0.15) is 0 Å². The summed E-state index contributed by atoms with van der Waals surface area (Å²) in [7, 11) is 1.64. The van der Waals surface area contributed by atoms with E-state index >= 15 is 0 Å². The van der Waals surface area contributed by atoms with Crippen molar-refractivity contribution in [1.82, 2.24) is 10.2 Å². The first-order chi connectivity index (χ1) is 9.58. The summed E-state index contributed by atoms with van der Waals surface area (Å²) in [4.78, 5) is 24.9. The molecule has 0 radical (unpaired) electrons. The van der Waals surface area contributed by atoms with Gasteiger partial charge in [-0.05, 0) is 45.6 Å². The van der Waals surface area contributed by atoms with Gasteiger partial charge in [0.15, 0.2) is 0 Å². The van der Waals surface area contributed by atoms with Crippen molar-refractivity contribution in [2.24, 2.45) is 11.8 Å². The van der Waals surface area contributed by atoms with Gasteiger partial charge in [-0.1, -0.05) is 13.8 Å². The second kappa shape index (κ2) is 10.8. The number of hydrogen-bond acceptors (Lipinski definition) is 3. The van der Waals surface area contributed by atoms with Gasteiger partial charge in [0.25, 0.3) is 0 Å². The number of nitrogens with one attached hydrogen (secondary N) is 1. The molecule has 2 unspecified atom stereocenters. The van der Waals surface area contributed by atoms with E-state index in [9.17, 15) is 9.59 Å². The molecule has 0 bridgehead atoms. The van der Waals surface area contributed by atoms with Crippen LogP contribution in [0.4, 0.5) is 0 Å². The van der Waals surface area contributed by atoms with Crippen molar-refractivity contribution in [2.75, 3.05) is 20.1 Å². The first-order valence-corrected chi connectivity index (χ1v) is 7.98. The molecule has 1 fully saturated rings. The summed E-state index contributed by atoms with van der Waals surface area (Å²) >= 11 is 0. The average molecular weight is 284 g/mol. The number of hydrogen-bond donors (Lipinski definition) is 1. The van der Waals surface area contributed by atoms with Gasteiger partial charge in [0.1, 0.15) is 6.29 Å². The van der Waals surface area contributed by atoms with Crippen LogP contribution in [0.25, 0.3) is 0 Å². The van der Waals surface area contributed by atoms with E-state index in [0.717, 1.165) is 32.2 Å². The Labute approximate surface area is 124 Å². The molecule has 0 aromatic heterocycles. The lowest BCUT2D eigenvalue weighted by Gasteiger charge is -2.37. The fourth-order valence-corrected chi connectivity index (χ4v) is 2.70. The van der Waals surface area contributed by atoms with E-state index in [1.807, 2.05) is 13.8 Å². The van der Waals surface area contributed by atoms with E-state index in [-0.39, 0.29) is 11.8 Å². The standard InChI is InChI=1S/C14H26N2O2.C2H6/c1-11(2)16-8-4-5-12(9-16)13(10-17)6-7-14(18)15-3;1-2/h10-13H,4-9H2,1-3H3,(H,15,18);1-2H3. The monoisotopic (exact) mass is 284 g/mol. The Kier molecular flexibility index (Phi) is 10.3. The first-order valence-electron chi connectivity index (χ1n) is 7.98. The van der Waals surface area contributed by atoms with Gasteiger partial charge < -0.3 is 15.0 Å². The highest BCUT2D eigenvalue weighted by molar-refractivity contribution is 5.75. The van der Waals surface area contributed by atoms with Crippen molar-refractivity contribution in [3.8, 4) is 0 Å². The molecular formula is C16H32N2O2. The lowest BCUT2D eigenvalue weighted by molar-refractivity contribution is -0.121. The molecule has 1 heterocycles. The minimum Gasteiger partial charge on any atom is -0.359 e. The van der Waals surface area contributed by atoms with E-state index < -0.39 is 0 Å². The van der Waals surface area contributed by atoms with Gasteiger partial charge in [-0.15, -0.1) is 0 Å². The van der Waals surface area contributed by atoms with E-state index in [1.54, 1.807) is 7.05 Å². The second-order valence-electron chi connectivity index (χ2n) is 5.50. The maximum absolute atomic E-state index is 11.3. The Balaban J connectivity index is 0.00000172. The van der Waals surface area contributed by atoms with E-state index in [1.165, 1.54) is 0 Å². The lowest BCUT2D eigenvalue weighted by Crippen LogP contribution is -2.42. The Hall–Kier alpha value is -0.900. The van der Waals surface area contributed by atoms with Crippen LogP contribution in [0.5, 0.6) is 0 Å². The zero-order valence-electron chi connectivity index (χ0n) is 13.8. The van der Waals surface area contributed by atoms with Crippen molar-refractivity contribution in [3.63, 3.8) is 0 Å². The van der Waals surface area contributed by atoms with Crippen LogP contribution in [0.1, 0.15) is 53.4 Å². The molecule has 4 heteroatoms. The van der Waals surface area contributed by atoms with Crippen molar-refractivity contribution < 1.29 is 9.59 Å². The van der Waals surface area contributed by atoms with Gasteiger partial charge in [-0.3, -0.25) is 4.79 Å². The van der Waals surface area contributed by atoms with Crippen LogP contribution in [0, 0.1) is 11.8 Å². The van der Waals surface area contributed by atoms with Crippen LogP contribution >= 0.6 is 0 Å². The third kappa shape index (κ3) is 6.51. The molecule has 1 aliphatic rings. The summed E-state index contributed by atoms with van der Waals surface area (Å²) in [6, 6.07) is 0.541. The van der Waals surface area contributed by atoms with Crippen LogP contribution in [0.2, 0.25) is 0 Å². The number of likely N-dealkylation sites (tertiary alicyclic amines) is 1. The predicted molar refractivity (Wildman–Crippen MR) is 83.6 cm³/mol. The number of piperidine rings is 1. The Bertz CT molecular complexity index is 280. The van der Waals surface area contributed by atoms with Crippen molar-refractivity contribution in [1.29, 1.82) is 0 Å². The molecular weight excluding hydrogens is 252 g/mol. The molecule has 0 aromatic carbocycles. The molecule has 4 nitrogen and oxygen atoms in total. The second-order valence-corrected chi connectivity index (χ2v) is 5.50. The molecule has 20 heavy (non-hydrogen) atoms. The number of amides is 1. The molecule has 0 saturated carbocycles. The first kappa shape index (κ1) is 19.1. The van der Waals surface area contributed by atoms with Gasteiger partial charge in [0, 0.05) is 32.0 Å². The van der Waals surface area contributed by atoms with Crippen LogP contribution in [0.15, 0.2) is 0 Å². The third-order valence-corrected chi connectivity index (χ3v) is 3.98. The quantitative estimate of drug-likeness (QED) is 0.762. The molecule has 0 aromatic rings. The zero-order valence-corrected chi connectivity index (χ0v) is 13.8. The highest BCUT2D eigenvalue weighted by Crippen LogP contribution is 2.27. The average Bonchev–Trinajstić information content (AvgIpc) is 2.49. The SMILES string of the molecule is CC.CNC(=O)CCC(C=O)C1CCCN(C(C)C)C1. The summed E-state index contributed by atoms with van der Waals surface area (Å²) in [6.45, 7) is 10.5. The molecule has 1 saturated heterocycles. The van der Waals surface area contributed by atoms with Gasteiger partial charge in [0.2, 0.25) is 5.91 Å². The summed E-state index contributed by atoms with van der Waals surface area (Å²) in [5.74, 6) is 0.477. The third-order valence-electron chi connectivity index (χ3n) is 3.98. The Morgan fingerprint density at radius 1 is 1.40 bits per heavy atom. The van der Waals surface area contributed by atoms with Crippen LogP contribution in [0.3, 0.4) is 0 Å². The summed E-state index contributed by atoms with van der Waals surface area (Å²) in [5, 5.41) is 2.61. The van der Waals surface area contributed by atoms with E-state index in [4.69, 9.17) is 0 Å². The fraction of sp³-hybridized carbons (Fsp3) is 0.875. The largest absolute Gasteiger partial charge is 0.359 e. The number of rotatable bonds is 6. The van der Waals surface area contributed by atoms with Crippen LogP contribution in [-0.2, 0) is 9.59 Å². The summed E-state index contributed by atoms with van der Waals surface area (Å²) in [5.41, 5.74) is 0. The molecule has 118 valence electrons. The highest BCUT2D eigenvalue weighted by Gasteiger charge is 2.28. The molecule has 1 rings (SSSR count). The van der Waals surface area contributed by atoms with E-state index in [2.05, 4.69) is 24.1 Å². The normalized spacial score (nSPS) is 20.8. The van der Waals surface area contributed by atoms with Gasteiger partial charge >= 0.3 is 0 Å². The smallest absolute Gasteiger partial charge is 0.219 e. The summed E-state index contributed by atoms with van der Waals surface area (Å²) in [6.07, 6.45) is 4.46. The van der Waals surface area contributed by atoms with Gasteiger partial charge in [0.05, 0.1) is 0 Å². The zero-order chi connectivity index (χ0) is 15.5. The van der Waals surface area contributed by atoms with E-state index in [0.29, 0.717) is 24.8 Å². The highest BCUT2D eigenvalue weighted by atomic mass is 16.1. The molecule has 2 atom stereocenters. The fourth-order valence-electron chi connectivity index (χ4n) is 2.70. The molecule has 1 aliphatic heterocycles. The van der Waals surface area contributed by atoms with Crippen LogP contribution < -0.4 is 5.32 Å². The molecule has 1 N–H and O–H groups in total. The number of carbonyl (C=O) groups excluding carboxylic acids is 2. The van der Waals surface area contributed by atoms with Crippen LogP contribution in [-0.4, -0.2) is 43.3 Å². The lowest BCUT2D eigenvalue weighted by atomic mass is 9.83. The van der Waals surface area contributed by atoms with Crippen molar-refractivity contribution >= 4 is 12.2 Å². The minimum atomic E-state index is 0.0263. The topological polar surface area (TPSA) is 49.4 Å². The minimum absolute atomic E-state index is 0.0263. The number of aldehydes is 1. The maximum Gasteiger partial charge on any atom is 0.219 e. The van der Waals surface area contributed by atoms with Crippen molar-refractivity contribution in [3.05, 3.63) is 0 Å². The Morgan fingerprint density at radius 3 is 2.55 bits per heavy atom. The number of carbonyl (C=O) groups is 2. The van der Waals surface area contributed by atoms with Gasteiger partial charge in [-0.25, -0.2) is 0 Å². The Morgan fingerprint density at radius 2 is 2.05 bits per heavy atom. The molecule has 0 aliphatic carbocycles. The molecule has 0 spiro atoms. The number of nitrogens with zero attached hydrogens (tertiary/aromatic N) is 1. The molecule has 1 amide bonds. The van der Waals surface area contributed by atoms with Crippen molar-refractivity contribution in [2.45, 2.75) is 59.4 Å². The predicted octanol–water partition coefficient (Wildman–Crippen LogP) is 2.47.